The molecular weight excluding hydrogens is 238 g/mol. The van der Waals surface area contributed by atoms with E-state index in [0.29, 0.717) is 11.8 Å². The second kappa shape index (κ2) is 5.37. The van der Waals surface area contributed by atoms with Crippen molar-refractivity contribution in [2.45, 2.75) is 57.5 Å². The van der Waals surface area contributed by atoms with Crippen LogP contribution in [-0.2, 0) is 0 Å². The molecule has 1 heterocycles. The number of hydrogen-bond donors (Lipinski definition) is 3. The molecule has 0 aromatic carbocycles. The molecule has 3 N–H and O–H groups in total. The zero-order chi connectivity index (χ0) is 13.2. The van der Waals surface area contributed by atoms with Crippen molar-refractivity contribution in [2.75, 3.05) is 5.32 Å². The van der Waals surface area contributed by atoms with Crippen LogP contribution >= 0.6 is 0 Å². The van der Waals surface area contributed by atoms with Gasteiger partial charge < -0.3 is 10.4 Å². The first-order valence-electron chi connectivity index (χ1n) is 7.42. The third-order valence-corrected chi connectivity index (χ3v) is 4.32. The number of aromatic amines is 1. The van der Waals surface area contributed by atoms with Crippen LogP contribution < -0.4 is 5.32 Å². The first-order valence-corrected chi connectivity index (χ1v) is 7.42. The summed E-state index contributed by atoms with van der Waals surface area (Å²) in [5.74, 6) is 2.02. The number of anilines is 1. The molecule has 4 nitrogen and oxygen atoms in total. The van der Waals surface area contributed by atoms with Gasteiger partial charge in [-0.1, -0.05) is 13.0 Å². The van der Waals surface area contributed by atoms with Crippen molar-refractivity contribution in [2.24, 2.45) is 5.92 Å². The van der Waals surface area contributed by atoms with E-state index in [0.717, 1.165) is 37.2 Å². The van der Waals surface area contributed by atoms with Gasteiger partial charge in [0, 0.05) is 23.4 Å². The highest BCUT2D eigenvalue weighted by Gasteiger charge is 2.25. The van der Waals surface area contributed by atoms with Crippen LogP contribution in [0.5, 0.6) is 0 Å². The van der Waals surface area contributed by atoms with Crippen LogP contribution in [0.25, 0.3) is 0 Å². The summed E-state index contributed by atoms with van der Waals surface area (Å²) in [6.45, 7) is 2.26. The molecular formula is C15H23N3O. The highest BCUT2D eigenvalue weighted by molar-refractivity contribution is 5.43. The van der Waals surface area contributed by atoms with Crippen LogP contribution in [0, 0.1) is 5.92 Å². The van der Waals surface area contributed by atoms with Crippen molar-refractivity contribution in [3.8, 4) is 0 Å². The van der Waals surface area contributed by atoms with Crippen molar-refractivity contribution >= 4 is 5.82 Å². The molecule has 104 valence electrons. The van der Waals surface area contributed by atoms with Crippen LogP contribution in [0.4, 0.5) is 5.82 Å². The maximum atomic E-state index is 9.60. The van der Waals surface area contributed by atoms with E-state index in [2.05, 4.69) is 34.6 Å². The Morgan fingerprint density at radius 3 is 3.00 bits per heavy atom. The Labute approximate surface area is 114 Å². The summed E-state index contributed by atoms with van der Waals surface area (Å²) in [7, 11) is 0. The largest absolute Gasteiger partial charge is 0.393 e. The van der Waals surface area contributed by atoms with Gasteiger partial charge in [0.1, 0.15) is 0 Å². The molecule has 19 heavy (non-hydrogen) atoms. The van der Waals surface area contributed by atoms with Gasteiger partial charge in [0.05, 0.1) is 6.10 Å². The van der Waals surface area contributed by atoms with Crippen molar-refractivity contribution in [1.82, 2.24) is 10.2 Å². The number of aromatic nitrogens is 2. The van der Waals surface area contributed by atoms with Crippen molar-refractivity contribution in [3.05, 3.63) is 23.5 Å². The molecule has 0 bridgehead atoms. The summed E-state index contributed by atoms with van der Waals surface area (Å²) in [6, 6.07) is 2.10. The fourth-order valence-electron chi connectivity index (χ4n) is 3.24. The number of allylic oxidation sites excluding steroid dienone is 2. The van der Waals surface area contributed by atoms with E-state index in [9.17, 15) is 5.11 Å². The molecule has 2 aliphatic carbocycles. The third-order valence-electron chi connectivity index (χ3n) is 4.32. The van der Waals surface area contributed by atoms with Gasteiger partial charge in [-0.3, -0.25) is 5.10 Å². The Bertz CT molecular complexity index is 466. The third kappa shape index (κ3) is 3.00. The summed E-state index contributed by atoms with van der Waals surface area (Å²) >= 11 is 0. The van der Waals surface area contributed by atoms with Crippen LogP contribution in [0.1, 0.15) is 57.1 Å². The Hall–Kier alpha value is -1.29. The molecule has 1 aromatic heterocycles. The number of H-pyrrole nitrogens is 1. The van der Waals surface area contributed by atoms with E-state index < -0.39 is 0 Å². The number of rotatable bonds is 3. The Morgan fingerprint density at radius 1 is 1.37 bits per heavy atom. The number of hydrogen-bond acceptors (Lipinski definition) is 3. The van der Waals surface area contributed by atoms with Gasteiger partial charge in [0.15, 0.2) is 5.82 Å². The van der Waals surface area contributed by atoms with Crippen molar-refractivity contribution in [1.29, 1.82) is 0 Å². The first kappa shape index (κ1) is 12.7. The van der Waals surface area contributed by atoms with Crippen LogP contribution in [0.15, 0.2) is 17.8 Å². The molecule has 1 saturated carbocycles. The van der Waals surface area contributed by atoms with Crippen LogP contribution in [0.2, 0.25) is 0 Å². The van der Waals surface area contributed by atoms with Crippen molar-refractivity contribution in [3.63, 3.8) is 0 Å². The molecule has 1 aromatic rings. The maximum absolute atomic E-state index is 9.60. The molecule has 2 aliphatic rings. The fraction of sp³-hybridized carbons (Fsp3) is 0.667. The monoisotopic (exact) mass is 261 g/mol. The number of nitrogens with zero attached hydrogens (tertiary/aromatic N) is 1. The summed E-state index contributed by atoms with van der Waals surface area (Å²) in [5.41, 5.74) is 2.45. The molecule has 3 atom stereocenters. The first-order chi connectivity index (χ1) is 9.20. The van der Waals surface area contributed by atoms with E-state index in [4.69, 9.17) is 0 Å². The Balaban J connectivity index is 1.65. The SMILES string of the molecule is CC1C=C(Nc2cc([C@H]3CC[C@@H](O)C3)[nH]n2)CCC1. The lowest BCUT2D eigenvalue weighted by molar-refractivity contribution is 0.181. The summed E-state index contributed by atoms with van der Waals surface area (Å²) in [4.78, 5) is 0. The summed E-state index contributed by atoms with van der Waals surface area (Å²) in [6.07, 6.45) is 8.68. The van der Waals surface area contributed by atoms with Gasteiger partial charge >= 0.3 is 0 Å². The lowest BCUT2D eigenvalue weighted by Crippen LogP contribution is -2.07. The second-order valence-electron chi connectivity index (χ2n) is 6.06. The smallest absolute Gasteiger partial charge is 0.152 e. The summed E-state index contributed by atoms with van der Waals surface area (Å²) < 4.78 is 0. The van der Waals surface area contributed by atoms with Gasteiger partial charge in [-0.05, 0) is 44.4 Å². The molecule has 0 aliphatic heterocycles. The lowest BCUT2D eigenvalue weighted by atomic mass is 9.95. The molecule has 0 radical (unpaired) electrons. The Kier molecular flexibility index (Phi) is 3.60. The highest BCUT2D eigenvalue weighted by Crippen LogP contribution is 2.34. The van der Waals surface area contributed by atoms with Gasteiger partial charge in [0.25, 0.3) is 0 Å². The standard InChI is InChI=1S/C15H23N3O/c1-10-3-2-4-12(7-10)16-15-9-14(17-18-15)11-5-6-13(19)8-11/h7,9-11,13,19H,2-6,8H2,1H3,(H2,16,17,18)/t10?,11-,13+/m0/s1. The minimum atomic E-state index is -0.133. The van der Waals surface area contributed by atoms with Gasteiger partial charge in [0.2, 0.25) is 0 Å². The highest BCUT2D eigenvalue weighted by atomic mass is 16.3. The van der Waals surface area contributed by atoms with E-state index in [1.54, 1.807) is 0 Å². The normalized spacial score (nSPS) is 31.3. The van der Waals surface area contributed by atoms with E-state index >= 15 is 0 Å². The van der Waals surface area contributed by atoms with Crippen LogP contribution in [-0.4, -0.2) is 21.4 Å². The molecule has 3 rings (SSSR count). The zero-order valence-corrected chi connectivity index (χ0v) is 11.5. The average molecular weight is 261 g/mol. The minimum absolute atomic E-state index is 0.133. The predicted molar refractivity (Wildman–Crippen MR) is 75.9 cm³/mol. The van der Waals surface area contributed by atoms with Gasteiger partial charge in [-0.2, -0.15) is 5.10 Å². The van der Waals surface area contributed by atoms with Gasteiger partial charge in [-0.15, -0.1) is 0 Å². The average Bonchev–Trinajstić information content (AvgIpc) is 2.98. The lowest BCUT2D eigenvalue weighted by Gasteiger charge is -2.17. The second-order valence-corrected chi connectivity index (χ2v) is 6.06. The topological polar surface area (TPSA) is 60.9 Å². The summed E-state index contributed by atoms with van der Waals surface area (Å²) in [5, 5.41) is 20.5. The van der Waals surface area contributed by atoms with E-state index in [-0.39, 0.29) is 6.10 Å². The van der Waals surface area contributed by atoms with E-state index in [1.807, 2.05) is 0 Å². The fourth-order valence-corrected chi connectivity index (χ4v) is 3.24. The van der Waals surface area contributed by atoms with Crippen LogP contribution in [0.3, 0.4) is 0 Å². The molecule has 0 saturated heterocycles. The molecule has 4 heteroatoms. The molecule has 1 fully saturated rings. The van der Waals surface area contributed by atoms with Gasteiger partial charge in [-0.25, -0.2) is 0 Å². The molecule has 0 spiro atoms. The number of aliphatic hydroxyl groups is 1. The number of nitrogens with one attached hydrogen (secondary N) is 2. The van der Waals surface area contributed by atoms with Crippen molar-refractivity contribution < 1.29 is 5.11 Å². The number of aliphatic hydroxyl groups excluding tert-OH is 1. The molecule has 1 unspecified atom stereocenters. The Morgan fingerprint density at radius 2 is 2.26 bits per heavy atom. The quantitative estimate of drug-likeness (QED) is 0.783. The maximum Gasteiger partial charge on any atom is 0.152 e. The van der Waals surface area contributed by atoms with E-state index in [1.165, 1.54) is 18.5 Å². The zero-order valence-electron chi connectivity index (χ0n) is 11.5. The minimum Gasteiger partial charge on any atom is -0.393 e. The predicted octanol–water partition coefficient (Wildman–Crippen LogP) is 3.15. The molecule has 0 amide bonds.